The maximum atomic E-state index is 2.44. The Morgan fingerprint density at radius 2 is 1.35 bits per heavy atom. The second-order valence-electron chi connectivity index (χ2n) is 6.58. The van der Waals surface area contributed by atoms with Gasteiger partial charge in [-0.05, 0) is 68.6 Å². The summed E-state index contributed by atoms with van der Waals surface area (Å²) in [4.78, 5) is 0. The Balaban J connectivity index is 1.70. The molecule has 2 aliphatic carbocycles. The topological polar surface area (TPSA) is 0 Å². The first-order valence-electron chi connectivity index (χ1n) is 8.13. The Kier molecular flexibility index (Phi) is 5.38. The van der Waals surface area contributed by atoms with Gasteiger partial charge in [-0.1, -0.05) is 39.5 Å². The van der Waals surface area contributed by atoms with Crippen LogP contribution < -0.4 is 0 Å². The Morgan fingerprint density at radius 1 is 0.824 bits per heavy atom. The molecule has 0 atom stereocenters. The molecule has 0 aromatic heterocycles. The van der Waals surface area contributed by atoms with E-state index >= 15 is 0 Å². The molecule has 2 rings (SSSR count). The molecular formula is C17H31. The summed E-state index contributed by atoms with van der Waals surface area (Å²) in [7, 11) is 0. The fraction of sp³-hybridized carbons (Fsp3) is 0.941. The standard InChI is InChI=1S/C17H31/c1-3-5-15-8-12-17(13-9-15)16-10-6-14(4-2)7-11-16/h4,14-17H,3,5-13H2,1-2H3. The summed E-state index contributed by atoms with van der Waals surface area (Å²) in [5.74, 6) is 4.22. The Morgan fingerprint density at radius 3 is 1.82 bits per heavy atom. The molecule has 0 saturated heterocycles. The van der Waals surface area contributed by atoms with E-state index in [2.05, 4.69) is 20.3 Å². The second kappa shape index (κ2) is 6.81. The van der Waals surface area contributed by atoms with E-state index in [0.717, 1.165) is 23.7 Å². The Bertz CT molecular complexity index is 192. The van der Waals surface area contributed by atoms with Crippen LogP contribution in [0.4, 0.5) is 0 Å². The highest BCUT2D eigenvalue weighted by atomic mass is 14.4. The molecule has 99 valence electrons. The van der Waals surface area contributed by atoms with Crippen molar-refractivity contribution in [3.63, 3.8) is 0 Å². The minimum atomic E-state index is 0.947. The molecule has 0 spiro atoms. The van der Waals surface area contributed by atoms with Crippen LogP contribution in [0.5, 0.6) is 0 Å². The molecule has 0 unspecified atom stereocenters. The molecule has 0 N–H and O–H groups in total. The van der Waals surface area contributed by atoms with Crippen molar-refractivity contribution in [2.45, 2.75) is 78.1 Å². The first-order valence-corrected chi connectivity index (χ1v) is 8.13. The molecular weight excluding hydrogens is 204 g/mol. The predicted molar refractivity (Wildman–Crippen MR) is 75.8 cm³/mol. The van der Waals surface area contributed by atoms with Gasteiger partial charge >= 0.3 is 0 Å². The normalized spacial score (nSPS) is 39.2. The average Bonchev–Trinajstić information content (AvgIpc) is 2.40. The Labute approximate surface area is 109 Å². The zero-order valence-electron chi connectivity index (χ0n) is 12.0. The van der Waals surface area contributed by atoms with Crippen LogP contribution in [0.3, 0.4) is 0 Å². The number of hydrogen-bond acceptors (Lipinski definition) is 0. The third-order valence-corrected chi connectivity index (χ3v) is 5.54. The molecule has 0 nitrogen and oxygen atoms in total. The van der Waals surface area contributed by atoms with Crippen LogP contribution in [0.15, 0.2) is 0 Å². The maximum Gasteiger partial charge on any atom is -0.0386 e. The molecule has 17 heavy (non-hydrogen) atoms. The minimum Gasteiger partial charge on any atom is -0.0654 e. The van der Waals surface area contributed by atoms with Crippen LogP contribution in [-0.2, 0) is 0 Å². The minimum absolute atomic E-state index is 0.947. The van der Waals surface area contributed by atoms with E-state index in [-0.39, 0.29) is 0 Å². The molecule has 0 heterocycles. The highest BCUT2D eigenvalue weighted by Crippen LogP contribution is 2.42. The van der Waals surface area contributed by atoms with Crippen LogP contribution in [0.25, 0.3) is 0 Å². The molecule has 2 fully saturated rings. The van der Waals surface area contributed by atoms with Crippen LogP contribution in [-0.4, -0.2) is 0 Å². The molecule has 0 heteroatoms. The van der Waals surface area contributed by atoms with Gasteiger partial charge in [-0.15, -0.1) is 0 Å². The highest BCUT2D eigenvalue weighted by Gasteiger charge is 2.30. The summed E-state index contributed by atoms with van der Waals surface area (Å²) in [5.41, 5.74) is 0. The van der Waals surface area contributed by atoms with Gasteiger partial charge in [0.05, 0.1) is 0 Å². The smallest absolute Gasteiger partial charge is 0.0386 e. The summed E-state index contributed by atoms with van der Waals surface area (Å²) < 4.78 is 0. The van der Waals surface area contributed by atoms with E-state index in [1.165, 1.54) is 38.5 Å². The number of rotatable bonds is 4. The van der Waals surface area contributed by atoms with Crippen LogP contribution in [0.2, 0.25) is 0 Å². The first kappa shape index (κ1) is 13.4. The molecule has 0 aromatic carbocycles. The largest absolute Gasteiger partial charge is 0.0654 e. The van der Waals surface area contributed by atoms with Crippen molar-refractivity contribution in [3.05, 3.63) is 6.42 Å². The van der Waals surface area contributed by atoms with Crippen molar-refractivity contribution in [2.24, 2.45) is 23.7 Å². The van der Waals surface area contributed by atoms with E-state index in [1.54, 1.807) is 25.7 Å². The van der Waals surface area contributed by atoms with E-state index < -0.39 is 0 Å². The van der Waals surface area contributed by atoms with Crippen molar-refractivity contribution < 1.29 is 0 Å². The molecule has 1 radical (unpaired) electrons. The third-order valence-electron chi connectivity index (χ3n) is 5.54. The highest BCUT2D eigenvalue weighted by molar-refractivity contribution is 4.84. The van der Waals surface area contributed by atoms with Gasteiger partial charge in [0.2, 0.25) is 0 Å². The van der Waals surface area contributed by atoms with E-state index in [9.17, 15) is 0 Å². The van der Waals surface area contributed by atoms with Gasteiger partial charge in [0.15, 0.2) is 0 Å². The summed E-state index contributed by atoms with van der Waals surface area (Å²) in [5, 5.41) is 0. The van der Waals surface area contributed by atoms with E-state index in [0.29, 0.717) is 0 Å². The molecule has 0 aromatic rings. The number of hydrogen-bond donors (Lipinski definition) is 0. The van der Waals surface area contributed by atoms with Gasteiger partial charge < -0.3 is 0 Å². The second-order valence-corrected chi connectivity index (χ2v) is 6.58. The molecule has 2 saturated carbocycles. The zero-order chi connectivity index (χ0) is 12.1. The van der Waals surface area contributed by atoms with E-state index in [4.69, 9.17) is 0 Å². The monoisotopic (exact) mass is 235 g/mol. The van der Waals surface area contributed by atoms with Gasteiger partial charge in [-0.3, -0.25) is 0 Å². The summed E-state index contributed by atoms with van der Waals surface area (Å²) >= 11 is 0. The van der Waals surface area contributed by atoms with Crippen LogP contribution in [0, 0.1) is 30.1 Å². The van der Waals surface area contributed by atoms with Gasteiger partial charge in [0.25, 0.3) is 0 Å². The van der Waals surface area contributed by atoms with Crippen molar-refractivity contribution >= 4 is 0 Å². The average molecular weight is 235 g/mol. The lowest BCUT2D eigenvalue weighted by molar-refractivity contribution is 0.150. The first-order chi connectivity index (χ1) is 8.33. The van der Waals surface area contributed by atoms with Crippen molar-refractivity contribution in [1.82, 2.24) is 0 Å². The van der Waals surface area contributed by atoms with Gasteiger partial charge in [-0.2, -0.15) is 0 Å². The molecule has 2 aliphatic rings. The summed E-state index contributed by atoms with van der Waals surface area (Å²) in [6.45, 7) is 4.59. The van der Waals surface area contributed by atoms with Crippen molar-refractivity contribution in [3.8, 4) is 0 Å². The van der Waals surface area contributed by atoms with Gasteiger partial charge in [0, 0.05) is 0 Å². The van der Waals surface area contributed by atoms with Gasteiger partial charge in [-0.25, -0.2) is 0 Å². The summed E-state index contributed by atoms with van der Waals surface area (Å²) in [6, 6.07) is 0. The lowest BCUT2D eigenvalue weighted by Crippen LogP contribution is -2.25. The Hall–Kier alpha value is 0. The van der Waals surface area contributed by atoms with Crippen LogP contribution >= 0.6 is 0 Å². The zero-order valence-corrected chi connectivity index (χ0v) is 12.0. The molecule has 0 aliphatic heterocycles. The summed E-state index contributed by atoms with van der Waals surface area (Å²) in [6.07, 6.45) is 17.5. The van der Waals surface area contributed by atoms with Crippen LogP contribution in [0.1, 0.15) is 78.1 Å². The fourth-order valence-electron chi connectivity index (χ4n) is 4.31. The molecule has 0 amide bonds. The quantitative estimate of drug-likeness (QED) is 0.593. The van der Waals surface area contributed by atoms with Gasteiger partial charge in [0.1, 0.15) is 0 Å². The lowest BCUT2D eigenvalue weighted by Gasteiger charge is -2.37. The van der Waals surface area contributed by atoms with Crippen molar-refractivity contribution in [1.29, 1.82) is 0 Å². The fourth-order valence-corrected chi connectivity index (χ4v) is 4.31. The van der Waals surface area contributed by atoms with Crippen molar-refractivity contribution in [2.75, 3.05) is 0 Å². The molecule has 0 bridgehead atoms. The maximum absolute atomic E-state index is 2.44. The lowest BCUT2D eigenvalue weighted by atomic mass is 9.68. The predicted octanol–water partition coefficient (Wildman–Crippen LogP) is 5.62. The third kappa shape index (κ3) is 3.73. The SMILES string of the molecule is C[CH]C1CCC(C2CCC(CCC)CC2)CC1. The van der Waals surface area contributed by atoms with E-state index in [1.807, 2.05) is 0 Å².